The predicted molar refractivity (Wildman–Crippen MR) is 59.1 cm³/mol. The molecule has 0 bridgehead atoms. The molecule has 0 amide bonds. The van der Waals surface area contributed by atoms with Crippen LogP contribution in [0.3, 0.4) is 0 Å². The Morgan fingerprint density at radius 3 is 2.87 bits per heavy atom. The van der Waals surface area contributed by atoms with Crippen LogP contribution in [0.15, 0.2) is 30.6 Å². The molecule has 0 aliphatic rings. The number of pyridine rings is 1. The van der Waals surface area contributed by atoms with Gasteiger partial charge < -0.3 is 5.73 Å². The molecule has 0 fully saturated rings. The molecule has 1 aromatic carbocycles. The molecule has 2 N–H and O–H groups in total. The summed E-state index contributed by atoms with van der Waals surface area (Å²) in [6.07, 6.45) is 4.03. The van der Waals surface area contributed by atoms with Gasteiger partial charge in [-0.25, -0.2) is 4.39 Å². The number of halogens is 1. The number of hydrogen-bond donors (Lipinski definition) is 1. The second-order valence-corrected chi connectivity index (χ2v) is 3.81. The third-order valence-electron chi connectivity index (χ3n) is 2.40. The Hall–Kier alpha value is -1.48. The lowest BCUT2D eigenvalue weighted by Gasteiger charge is -2.09. The van der Waals surface area contributed by atoms with Crippen LogP contribution in [0.5, 0.6) is 0 Å². The maximum atomic E-state index is 13.4. The number of benzene rings is 1. The van der Waals surface area contributed by atoms with Gasteiger partial charge in [0.25, 0.3) is 0 Å². The van der Waals surface area contributed by atoms with Crippen molar-refractivity contribution in [2.75, 3.05) is 0 Å². The van der Waals surface area contributed by atoms with Gasteiger partial charge in [0.2, 0.25) is 0 Å². The molecule has 2 nitrogen and oxygen atoms in total. The van der Waals surface area contributed by atoms with Crippen molar-refractivity contribution in [1.82, 2.24) is 4.98 Å². The highest BCUT2D eigenvalue weighted by molar-refractivity contribution is 5.85. The summed E-state index contributed by atoms with van der Waals surface area (Å²) in [4.78, 5) is 4.01. The average molecular weight is 204 g/mol. The minimum absolute atomic E-state index is 0.0684. The lowest BCUT2D eigenvalue weighted by molar-refractivity contribution is 0.638. The summed E-state index contributed by atoms with van der Waals surface area (Å²) >= 11 is 0. The molecule has 15 heavy (non-hydrogen) atoms. The van der Waals surface area contributed by atoms with Gasteiger partial charge in [0.05, 0.1) is 0 Å². The van der Waals surface area contributed by atoms with E-state index in [9.17, 15) is 4.39 Å². The molecule has 0 radical (unpaired) electrons. The molecule has 0 saturated carbocycles. The van der Waals surface area contributed by atoms with Gasteiger partial charge in [0.1, 0.15) is 5.82 Å². The Morgan fingerprint density at radius 1 is 1.33 bits per heavy atom. The molecule has 1 heterocycles. The summed E-state index contributed by atoms with van der Waals surface area (Å²) in [5.74, 6) is -0.208. The minimum atomic E-state index is -0.208. The van der Waals surface area contributed by atoms with Crippen LogP contribution in [0.2, 0.25) is 0 Å². The van der Waals surface area contributed by atoms with E-state index >= 15 is 0 Å². The molecule has 1 aromatic heterocycles. The maximum absolute atomic E-state index is 13.4. The Kier molecular flexibility index (Phi) is 2.64. The maximum Gasteiger partial charge on any atom is 0.131 e. The van der Waals surface area contributed by atoms with Crippen LogP contribution < -0.4 is 5.73 Å². The molecular formula is C12H13FN2. The second-order valence-electron chi connectivity index (χ2n) is 3.81. The first-order chi connectivity index (χ1) is 7.18. The molecule has 78 valence electrons. The summed E-state index contributed by atoms with van der Waals surface area (Å²) < 4.78 is 13.4. The lowest BCUT2D eigenvalue weighted by atomic mass is 10.0. The fourth-order valence-electron chi connectivity index (χ4n) is 1.74. The third kappa shape index (κ3) is 1.97. The number of aromatic nitrogens is 1. The van der Waals surface area contributed by atoms with E-state index in [1.165, 1.54) is 6.07 Å². The van der Waals surface area contributed by atoms with E-state index in [-0.39, 0.29) is 11.9 Å². The van der Waals surface area contributed by atoms with E-state index in [4.69, 9.17) is 5.73 Å². The molecule has 0 aliphatic carbocycles. The first-order valence-electron chi connectivity index (χ1n) is 4.95. The third-order valence-corrected chi connectivity index (χ3v) is 2.40. The van der Waals surface area contributed by atoms with Crippen molar-refractivity contribution in [1.29, 1.82) is 0 Å². The molecule has 1 atom stereocenters. The molecule has 0 saturated heterocycles. The standard InChI is InChI=1S/C12H13FN2/c1-8(14)6-9-2-3-12(13)10-4-5-15-7-11(9)10/h2-5,7-8H,6,14H2,1H3. The van der Waals surface area contributed by atoms with Crippen LogP contribution in [0, 0.1) is 5.82 Å². The predicted octanol–water partition coefficient (Wildman–Crippen LogP) is 2.26. The van der Waals surface area contributed by atoms with Crippen LogP contribution >= 0.6 is 0 Å². The van der Waals surface area contributed by atoms with Crippen LogP contribution in [-0.2, 0) is 6.42 Å². The summed E-state index contributed by atoms with van der Waals surface area (Å²) in [5, 5.41) is 1.47. The van der Waals surface area contributed by atoms with Gasteiger partial charge in [0.15, 0.2) is 0 Å². The monoisotopic (exact) mass is 204 g/mol. The Labute approximate surface area is 87.9 Å². The van der Waals surface area contributed by atoms with E-state index in [0.717, 1.165) is 17.4 Å². The SMILES string of the molecule is CC(N)Cc1ccc(F)c2ccncc12. The lowest BCUT2D eigenvalue weighted by Crippen LogP contribution is -2.17. The van der Waals surface area contributed by atoms with E-state index in [1.807, 2.05) is 6.92 Å². The van der Waals surface area contributed by atoms with Gasteiger partial charge in [-0.3, -0.25) is 4.98 Å². The number of nitrogens with zero attached hydrogens (tertiary/aromatic N) is 1. The van der Waals surface area contributed by atoms with E-state index in [1.54, 1.807) is 24.5 Å². The van der Waals surface area contributed by atoms with Crippen molar-refractivity contribution in [3.05, 3.63) is 42.0 Å². The number of hydrogen-bond acceptors (Lipinski definition) is 2. The minimum Gasteiger partial charge on any atom is -0.328 e. The largest absolute Gasteiger partial charge is 0.328 e. The van der Waals surface area contributed by atoms with Crippen molar-refractivity contribution in [2.45, 2.75) is 19.4 Å². The first-order valence-corrected chi connectivity index (χ1v) is 4.95. The molecule has 1 unspecified atom stereocenters. The second kappa shape index (κ2) is 3.95. The van der Waals surface area contributed by atoms with Crippen molar-refractivity contribution < 1.29 is 4.39 Å². The zero-order chi connectivity index (χ0) is 10.8. The highest BCUT2D eigenvalue weighted by Crippen LogP contribution is 2.21. The molecule has 2 aromatic rings. The zero-order valence-electron chi connectivity index (χ0n) is 8.57. The van der Waals surface area contributed by atoms with Crippen molar-refractivity contribution in [3.8, 4) is 0 Å². The van der Waals surface area contributed by atoms with Gasteiger partial charge in [-0.05, 0) is 31.0 Å². The Balaban J connectivity index is 2.61. The van der Waals surface area contributed by atoms with Gasteiger partial charge >= 0.3 is 0 Å². The van der Waals surface area contributed by atoms with Crippen molar-refractivity contribution in [3.63, 3.8) is 0 Å². The van der Waals surface area contributed by atoms with Crippen LogP contribution in [-0.4, -0.2) is 11.0 Å². The van der Waals surface area contributed by atoms with E-state index in [0.29, 0.717) is 5.39 Å². The molecule has 0 spiro atoms. The summed E-state index contributed by atoms with van der Waals surface area (Å²) in [6.45, 7) is 1.94. The molecule has 0 aliphatic heterocycles. The average Bonchev–Trinajstić information content (AvgIpc) is 2.22. The Morgan fingerprint density at radius 2 is 2.13 bits per heavy atom. The topological polar surface area (TPSA) is 38.9 Å². The van der Waals surface area contributed by atoms with Crippen LogP contribution in [0.4, 0.5) is 4.39 Å². The summed E-state index contributed by atoms with van der Waals surface area (Å²) in [6, 6.07) is 5.02. The van der Waals surface area contributed by atoms with Crippen molar-refractivity contribution >= 4 is 10.8 Å². The smallest absolute Gasteiger partial charge is 0.131 e. The van der Waals surface area contributed by atoms with Gasteiger partial charge in [-0.15, -0.1) is 0 Å². The normalized spacial score (nSPS) is 13.0. The van der Waals surface area contributed by atoms with Gasteiger partial charge in [-0.2, -0.15) is 0 Å². The van der Waals surface area contributed by atoms with Gasteiger partial charge in [-0.1, -0.05) is 6.07 Å². The summed E-state index contributed by atoms with van der Waals surface area (Å²) in [7, 11) is 0. The highest BCUT2D eigenvalue weighted by atomic mass is 19.1. The summed E-state index contributed by atoms with van der Waals surface area (Å²) in [5.41, 5.74) is 6.79. The van der Waals surface area contributed by atoms with Crippen LogP contribution in [0.1, 0.15) is 12.5 Å². The van der Waals surface area contributed by atoms with Gasteiger partial charge in [0, 0.05) is 29.2 Å². The van der Waals surface area contributed by atoms with Crippen molar-refractivity contribution in [2.24, 2.45) is 5.73 Å². The van der Waals surface area contributed by atoms with Crippen LogP contribution in [0.25, 0.3) is 10.8 Å². The first kappa shape index (κ1) is 10.1. The molecule has 2 rings (SSSR count). The molecular weight excluding hydrogens is 191 g/mol. The fourth-order valence-corrected chi connectivity index (χ4v) is 1.74. The number of nitrogens with two attached hydrogens (primary N) is 1. The molecule has 3 heteroatoms. The fraction of sp³-hybridized carbons (Fsp3) is 0.250. The quantitative estimate of drug-likeness (QED) is 0.815. The van der Waals surface area contributed by atoms with E-state index < -0.39 is 0 Å². The highest BCUT2D eigenvalue weighted by Gasteiger charge is 2.06. The zero-order valence-corrected chi connectivity index (χ0v) is 8.57. The number of fused-ring (bicyclic) bond motifs is 1. The van der Waals surface area contributed by atoms with E-state index in [2.05, 4.69) is 4.98 Å². The number of rotatable bonds is 2. The Bertz CT molecular complexity index is 480.